The highest BCUT2D eigenvalue weighted by molar-refractivity contribution is 6.98. The van der Waals surface area contributed by atoms with Crippen LogP contribution in [0.2, 0.25) is 0 Å². The van der Waals surface area contributed by atoms with Crippen LogP contribution >= 0.6 is 0 Å². The third kappa shape index (κ3) is 12.2. The van der Waals surface area contributed by atoms with E-state index in [0.717, 1.165) is 57.2 Å². The van der Waals surface area contributed by atoms with Crippen LogP contribution in [0.25, 0.3) is 82.9 Å². The molecule has 2 aliphatic heterocycles. The molecule has 0 radical (unpaired) electrons. The number of aromatic nitrogens is 5. The largest absolute Gasteiger partial charge is 0.458 e. The highest BCUT2D eigenvalue weighted by Gasteiger charge is 2.40. The molecule has 0 unspecified atom stereocenters. The summed E-state index contributed by atoms with van der Waals surface area (Å²) in [7, 11) is 0. The Balaban J connectivity index is 0.000000110. The van der Waals surface area contributed by atoms with Gasteiger partial charge in [0.15, 0.2) is 0 Å². The molecule has 11 aromatic carbocycles. The molecule has 0 fully saturated rings. The Bertz CT molecular complexity index is 5150. The van der Waals surface area contributed by atoms with Gasteiger partial charge in [-0.05, 0) is 164 Å². The number of para-hydroxylation sites is 8. The van der Waals surface area contributed by atoms with Gasteiger partial charge in [-0.2, -0.15) is 0 Å². The van der Waals surface area contributed by atoms with E-state index in [1.54, 1.807) is 0 Å². The number of benzene rings is 11. The molecule has 0 N–H and O–H groups in total. The van der Waals surface area contributed by atoms with Crippen LogP contribution in [0.3, 0.4) is 0 Å². The van der Waals surface area contributed by atoms with E-state index in [0.29, 0.717) is 5.92 Å². The van der Waals surface area contributed by atoms with Crippen molar-refractivity contribution >= 4 is 88.5 Å². The minimum absolute atomic E-state index is 0.181. The van der Waals surface area contributed by atoms with Gasteiger partial charge in [-0.3, -0.25) is 13.7 Å². The van der Waals surface area contributed by atoms with Crippen molar-refractivity contribution in [1.29, 1.82) is 0 Å². The predicted octanol–water partition coefficient (Wildman–Crippen LogP) is 21.2. The molecule has 0 spiro atoms. The highest BCUT2D eigenvalue weighted by atomic mass is 16.5. The first kappa shape index (κ1) is 62.2. The summed E-state index contributed by atoms with van der Waals surface area (Å²) in [6.07, 6.45) is 0. The lowest BCUT2D eigenvalue weighted by Gasteiger charge is -2.33. The molecular formula is C88H78BN5O2. The zero-order valence-corrected chi connectivity index (χ0v) is 56.3. The van der Waals surface area contributed by atoms with E-state index >= 15 is 0 Å². The van der Waals surface area contributed by atoms with E-state index in [2.05, 4.69) is 336 Å². The molecule has 16 aromatic rings. The average molecular weight is 1250 g/mol. The monoisotopic (exact) mass is 1250 g/mol. The van der Waals surface area contributed by atoms with Crippen LogP contribution in [0.5, 0.6) is 23.0 Å². The van der Waals surface area contributed by atoms with Crippen molar-refractivity contribution in [2.24, 2.45) is 0 Å². The molecule has 0 saturated carbocycles. The Morgan fingerprint density at radius 1 is 0.323 bits per heavy atom. The highest BCUT2D eigenvalue weighted by Crippen LogP contribution is 2.38. The molecule has 7 nitrogen and oxygen atoms in total. The second-order valence-electron chi connectivity index (χ2n) is 26.7. The molecule has 0 amide bonds. The Kier molecular flexibility index (Phi) is 17.0. The molecule has 8 heteroatoms. The van der Waals surface area contributed by atoms with Crippen LogP contribution in [0, 0.1) is 34.6 Å². The van der Waals surface area contributed by atoms with Crippen LogP contribution < -0.4 is 25.9 Å². The van der Waals surface area contributed by atoms with Gasteiger partial charge >= 0.3 is 0 Å². The molecule has 18 rings (SSSR count). The Morgan fingerprint density at radius 2 is 0.667 bits per heavy atom. The third-order valence-corrected chi connectivity index (χ3v) is 18.3. The molecule has 0 atom stereocenters. The number of pyridine rings is 2. The van der Waals surface area contributed by atoms with Crippen molar-refractivity contribution in [2.75, 3.05) is 0 Å². The Hall–Kier alpha value is -11.2. The molecule has 7 heterocycles. The molecule has 96 heavy (non-hydrogen) atoms. The van der Waals surface area contributed by atoms with Crippen molar-refractivity contribution in [3.05, 3.63) is 324 Å². The molecule has 5 aromatic heterocycles. The maximum absolute atomic E-state index is 6.14. The summed E-state index contributed by atoms with van der Waals surface area (Å²) < 4.78 is 19.1. The van der Waals surface area contributed by atoms with Crippen molar-refractivity contribution in [3.63, 3.8) is 0 Å². The lowest BCUT2D eigenvalue weighted by molar-refractivity contribution is 0.464. The standard InChI is InChI=1S/C30H21N3.C19H13BO2.C18H14N2.C11H16.C10H14/c1-20-18-29(32-25-14-6-2-10-21(25)22-11-3-7-15-26(22)32)31-30(19-20)33-27-16-8-4-12-23(27)24-13-5-9-17-28(24)33;1-12-10-17-19-18(11-12)22-16-9-5-3-7-14(16)20(19)13-6-2-4-8-15(13)21-17;1-13-7-6-12-18(19-13)20-16-10-4-2-8-14(16)15-9-3-5-11-17(15)20;1-9-5-7-10(8-6-9)11(2,3)4;1-8(2)10-6-4-9(3)5-7-10/h2-19H,1H3;2-11H,1H3;2-12H,1H3;5-8H,1-4H3;4-8H,1-3H3. The Morgan fingerprint density at radius 3 is 1.04 bits per heavy atom. The second-order valence-corrected chi connectivity index (χ2v) is 26.7. The molecular weight excluding hydrogens is 1170 g/mol. The van der Waals surface area contributed by atoms with Crippen LogP contribution in [-0.4, -0.2) is 30.4 Å². The maximum Gasteiger partial charge on any atom is 0.260 e. The molecule has 0 saturated heterocycles. The summed E-state index contributed by atoms with van der Waals surface area (Å²) >= 11 is 0. The van der Waals surface area contributed by atoms with Gasteiger partial charge in [-0.25, -0.2) is 9.97 Å². The number of rotatable bonds is 4. The van der Waals surface area contributed by atoms with E-state index < -0.39 is 0 Å². The van der Waals surface area contributed by atoms with Crippen LogP contribution in [0.4, 0.5) is 0 Å². The van der Waals surface area contributed by atoms with Crippen LogP contribution in [-0.2, 0) is 5.41 Å². The maximum atomic E-state index is 6.14. The summed E-state index contributed by atoms with van der Waals surface area (Å²) in [5, 5.41) is 7.52. The van der Waals surface area contributed by atoms with Gasteiger partial charge < -0.3 is 9.47 Å². The van der Waals surface area contributed by atoms with Crippen LogP contribution in [0.15, 0.2) is 285 Å². The van der Waals surface area contributed by atoms with Gasteiger partial charge in [-0.1, -0.05) is 246 Å². The first-order chi connectivity index (χ1) is 46.6. The van der Waals surface area contributed by atoms with Crippen molar-refractivity contribution in [2.45, 2.75) is 80.6 Å². The topological polar surface area (TPSA) is 59.0 Å². The van der Waals surface area contributed by atoms with Crippen molar-refractivity contribution in [3.8, 4) is 40.5 Å². The first-order valence-corrected chi connectivity index (χ1v) is 33.3. The lowest BCUT2D eigenvalue weighted by atomic mass is 9.35. The second kappa shape index (κ2) is 26.3. The van der Waals surface area contributed by atoms with Gasteiger partial charge in [0.1, 0.15) is 40.5 Å². The number of fused-ring (bicyclic) bond motifs is 13. The van der Waals surface area contributed by atoms with Gasteiger partial charge in [0.2, 0.25) is 0 Å². The fourth-order valence-electron chi connectivity index (χ4n) is 13.6. The predicted molar refractivity (Wildman–Crippen MR) is 405 cm³/mol. The molecule has 470 valence electrons. The molecule has 0 aliphatic carbocycles. The summed E-state index contributed by atoms with van der Waals surface area (Å²) in [6, 6.07) is 100.0. The lowest BCUT2D eigenvalue weighted by Crippen LogP contribution is -2.57. The first-order valence-electron chi connectivity index (χ1n) is 33.3. The minimum atomic E-state index is 0.181. The van der Waals surface area contributed by atoms with E-state index in [4.69, 9.17) is 14.5 Å². The summed E-state index contributed by atoms with van der Waals surface area (Å²) in [6.45, 7) is 21.8. The smallest absolute Gasteiger partial charge is 0.260 e. The van der Waals surface area contributed by atoms with Gasteiger partial charge in [0, 0.05) is 43.5 Å². The zero-order valence-electron chi connectivity index (χ0n) is 56.3. The Labute approximate surface area is 563 Å². The number of nitrogens with zero attached hydrogens (tertiary/aromatic N) is 5. The SMILES string of the molecule is Cc1cc(-n2c3ccccc3c3ccccc32)nc(-n2c3ccccc3c3ccccc32)c1.Cc1cc2c3c(c1)Oc1ccccc1B3c1ccccc1O2.Cc1ccc(C(C)(C)C)cc1.Cc1ccc(C(C)C)cc1.Cc1cccc(-n2c3ccccc3c3ccccc32)n1. The van der Waals surface area contributed by atoms with E-state index in [1.165, 1.54) is 104 Å². The fourth-order valence-corrected chi connectivity index (χ4v) is 13.6. The van der Waals surface area contributed by atoms with E-state index in [-0.39, 0.29) is 12.1 Å². The molecule has 2 aliphatic rings. The third-order valence-electron chi connectivity index (χ3n) is 18.3. The van der Waals surface area contributed by atoms with Crippen LogP contribution in [0.1, 0.15) is 79.6 Å². The normalized spacial score (nSPS) is 11.9. The zero-order chi connectivity index (χ0) is 66.2. The van der Waals surface area contributed by atoms with E-state index in [9.17, 15) is 0 Å². The number of ether oxygens (including phenoxy) is 2. The number of aryl methyl sites for hydroxylation is 5. The molecule has 0 bridgehead atoms. The summed E-state index contributed by atoms with van der Waals surface area (Å²) in [5.74, 6) is 7.19. The van der Waals surface area contributed by atoms with Crippen molar-refractivity contribution in [1.82, 2.24) is 23.7 Å². The number of hydrogen-bond donors (Lipinski definition) is 0. The number of hydrogen-bond acceptors (Lipinski definition) is 4. The van der Waals surface area contributed by atoms with Gasteiger partial charge in [-0.15, -0.1) is 0 Å². The van der Waals surface area contributed by atoms with Gasteiger partial charge in [0.05, 0.1) is 33.1 Å². The fraction of sp³-hybridized carbons (Fsp3) is 0.136. The van der Waals surface area contributed by atoms with E-state index in [1.807, 2.05) is 37.3 Å². The summed E-state index contributed by atoms with van der Waals surface area (Å²) in [5.41, 5.74) is 19.8. The van der Waals surface area contributed by atoms with Crippen molar-refractivity contribution < 1.29 is 9.47 Å². The summed E-state index contributed by atoms with van der Waals surface area (Å²) in [4.78, 5) is 9.92. The van der Waals surface area contributed by atoms with Gasteiger partial charge in [0.25, 0.3) is 6.71 Å². The average Bonchev–Trinajstić information content (AvgIpc) is 1.02. The minimum Gasteiger partial charge on any atom is -0.458 e. The quantitative estimate of drug-likeness (QED) is 0.165.